The summed E-state index contributed by atoms with van der Waals surface area (Å²) in [6.45, 7) is 1.92. The second kappa shape index (κ2) is 6.76. The molecule has 0 saturated carbocycles. The number of rotatable bonds is 5. The van der Waals surface area contributed by atoms with E-state index in [4.69, 9.17) is 9.47 Å². The van der Waals surface area contributed by atoms with Crippen LogP contribution in [0.15, 0.2) is 65.8 Å². The van der Waals surface area contributed by atoms with Crippen LogP contribution in [0.2, 0.25) is 0 Å². The van der Waals surface area contributed by atoms with E-state index in [2.05, 4.69) is 4.98 Å². The number of aromatic nitrogens is 2. The molecule has 1 N–H and O–H groups in total. The van der Waals surface area contributed by atoms with Gasteiger partial charge in [0.1, 0.15) is 11.5 Å². The van der Waals surface area contributed by atoms with E-state index in [1.807, 2.05) is 13.0 Å². The van der Waals surface area contributed by atoms with Crippen LogP contribution in [0.5, 0.6) is 11.5 Å². The number of fused-ring (bicyclic) bond motifs is 1. The van der Waals surface area contributed by atoms with Gasteiger partial charge in [0.25, 0.3) is 10.0 Å². The Kier molecular flexibility index (Phi) is 4.39. The number of ether oxygens (including phenoxy) is 2. The normalized spacial score (nSPS) is 11.7. The predicted octanol–water partition coefficient (Wildman–Crippen LogP) is 4.20. The van der Waals surface area contributed by atoms with Crippen LogP contribution in [0.25, 0.3) is 22.2 Å². The van der Waals surface area contributed by atoms with Crippen molar-refractivity contribution in [3.8, 4) is 22.8 Å². The molecule has 0 unspecified atom stereocenters. The molecule has 144 valence electrons. The van der Waals surface area contributed by atoms with Gasteiger partial charge in [0.2, 0.25) is 0 Å². The molecule has 0 spiro atoms. The summed E-state index contributed by atoms with van der Waals surface area (Å²) < 4.78 is 38.5. The second-order valence-electron chi connectivity index (χ2n) is 6.46. The molecule has 0 saturated heterocycles. The fraction of sp³-hybridized carbons (Fsp3) is 0.143. The molecule has 2 aromatic carbocycles. The fourth-order valence-electron chi connectivity index (χ4n) is 3.27. The van der Waals surface area contributed by atoms with Gasteiger partial charge in [0.05, 0.1) is 30.3 Å². The minimum atomic E-state index is -3.73. The van der Waals surface area contributed by atoms with E-state index in [0.717, 1.165) is 22.0 Å². The lowest BCUT2D eigenvalue weighted by Gasteiger charge is -2.11. The molecule has 2 aromatic heterocycles. The largest absolute Gasteiger partial charge is 0.497 e. The number of aryl methyl sites for hydroxylation is 1. The summed E-state index contributed by atoms with van der Waals surface area (Å²) in [5, 5.41) is 0.815. The van der Waals surface area contributed by atoms with Crippen LogP contribution in [-0.4, -0.2) is 31.6 Å². The molecule has 0 bridgehead atoms. The Hall–Kier alpha value is -3.19. The van der Waals surface area contributed by atoms with E-state index >= 15 is 0 Å². The minimum Gasteiger partial charge on any atom is -0.497 e. The first-order valence-corrected chi connectivity index (χ1v) is 10.1. The van der Waals surface area contributed by atoms with E-state index in [0.29, 0.717) is 17.2 Å². The molecule has 0 aliphatic carbocycles. The third kappa shape index (κ3) is 2.84. The molecule has 4 rings (SSSR count). The highest BCUT2D eigenvalue weighted by Crippen LogP contribution is 2.37. The van der Waals surface area contributed by atoms with Crippen molar-refractivity contribution in [1.29, 1.82) is 0 Å². The van der Waals surface area contributed by atoms with Gasteiger partial charge < -0.3 is 14.5 Å². The van der Waals surface area contributed by atoms with E-state index in [9.17, 15) is 8.42 Å². The van der Waals surface area contributed by atoms with Crippen molar-refractivity contribution in [1.82, 2.24) is 8.96 Å². The molecule has 0 aliphatic rings. The first-order chi connectivity index (χ1) is 13.5. The Morgan fingerprint density at radius 1 is 1.00 bits per heavy atom. The molecule has 0 fully saturated rings. The van der Waals surface area contributed by atoms with Crippen molar-refractivity contribution in [3.63, 3.8) is 0 Å². The van der Waals surface area contributed by atoms with E-state index in [1.54, 1.807) is 69.1 Å². The van der Waals surface area contributed by atoms with E-state index in [1.165, 1.54) is 3.97 Å². The zero-order valence-electron chi connectivity index (χ0n) is 15.8. The zero-order valence-corrected chi connectivity index (χ0v) is 16.6. The van der Waals surface area contributed by atoms with E-state index in [-0.39, 0.29) is 4.90 Å². The Morgan fingerprint density at radius 3 is 2.43 bits per heavy atom. The molecule has 6 nitrogen and oxygen atoms in total. The van der Waals surface area contributed by atoms with Crippen LogP contribution in [0.1, 0.15) is 5.56 Å². The van der Waals surface area contributed by atoms with Crippen molar-refractivity contribution in [2.24, 2.45) is 0 Å². The number of benzene rings is 2. The third-order valence-electron chi connectivity index (χ3n) is 4.75. The number of H-pyrrole nitrogens is 1. The standard InChI is InChI=1S/C21H20N2O4S/c1-14-6-8-16(9-7-14)28(24,25)23-10-4-5-19(23)18-13-22-21-17(18)11-15(26-2)12-20(21)27-3/h4-13,22H,1-3H3. The summed E-state index contributed by atoms with van der Waals surface area (Å²) in [7, 11) is -0.565. The average molecular weight is 396 g/mol. The van der Waals surface area contributed by atoms with Crippen molar-refractivity contribution >= 4 is 20.9 Å². The van der Waals surface area contributed by atoms with Gasteiger partial charge in [0, 0.05) is 29.4 Å². The molecule has 28 heavy (non-hydrogen) atoms. The Bertz CT molecular complexity index is 1250. The molecule has 7 heteroatoms. The average Bonchev–Trinajstić information content (AvgIpc) is 3.34. The highest BCUT2D eigenvalue weighted by atomic mass is 32.2. The second-order valence-corrected chi connectivity index (χ2v) is 8.28. The van der Waals surface area contributed by atoms with Gasteiger partial charge in [0.15, 0.2) is 0 Å². The zero-order chi connectivity index (χ0) is 19.9. The summed E-state index contributed by atoms with van der Waals surface area (Å²) >= 11 is 0. The van der Waals surface area contributed by atoms with E-state index < -0.39 is 10.0 Å². The smallest absolute Gasteiger partial charge is 0.268 e. The van der Waals surface area contributed by atoms with Gasteiger partial charge in [-0.05, 0) is 37.3 Å². The number of hydrogen-bond acceptors (Lipinski definition) is 4. The van der Waals surface area contributed by atoms with Gasteiger partial charge in [-0.3, -0.25) is 0 Å². The number of methoxy groups -OCH3 is 2. The molecule has 0 aliphatic heterocycles. The quantitative estimate of drug-likeness (QED) is 0.549. The highest BCUT2D eigenvalue weighted by molar-refractivity contribution is 7.90. The summed E-state index contributed by atoms with van der Waals surface area (Å²) in [4.78, 5) is 3.43. The topological polar surface area (TPSA) is 73.3 Å². The summed E-state index contributed by atoms with van der Waals surface area (Å²) in [6.07, 6.45) is 3.34. The maximum absolute atomic E-state index is 13.2. The van der Waals surface area contributed by atoms with Gasteiger partial charge in [-0.15, -0.1) is 0 Å². The molecule has 2 heterocycles. The first-order valence-electron chi connectivity index (χ1n) is 8.69. The summed E-state index contributed by atoms with van der Waals surface area (Å²) in [5.74, 6) is 1.25. The Labute approximate surface area is 163 Å². The molecule has 4 aromatic rings. The van der Waals surface area contributed by atoms with Gasteiger partial charge >= 0.3 is 0 Å². The van der Waals surface area contributed by atoms with Gasteiger partial charge in [-0.2, -0.15) is 0 Å². The van der Waals surface area contributed by atoms with Crippen LogP contribution >= 0.6 is 0 Å². The number of nitrogens with zero attached hydrogens (tertiary/aromatic N) is 1. The molecular weight excluding hydrogens is 376 g/mol. The minimum absolute atomic E-state index is 0.241. The van der Waals surface area contributed by atoms with Crippen molar-refractivity contribution in [2.45, 2.75) is 11.8 Å². The summed E-state index contributed by atoms with van der Waals surface area (Å²) in [6, 6.07) is 14.0. The third-order valence-corrected chi connectivity index (χ3v) is 6.45. The molecule has 0 atom stereocenters. The van der Waals surface area contributed by atoms with Crippen LogP contribution < -0.4 is 9.47 Å². The van der Waals surface area contributed by atoms with Crippen LogP contribution in [0, 0.1) is 6.92 Å². The SMILES string of the molecule is COc1cc(OC)c2[nH]cc(-c3cccn3S(=O)(=O)c3ccc(C)cc3)c2c1. The van der Waals surface area contributed by atoms with Crippen molar-refractivity contribution < 1.29 is 17.9 Å². The Morgan fingerprint density at radius 2 is 1.75 bits per heavy atom. The van der Waals surface area contributed by atoms with Gasteiger partial charge in [-0.25, -0.2) is 12.4 Å². The molecule has 0 amide bonds. The monoisotopic (exact) mass is 396 g/mol. The highest BCUT2D eigenvalue weighted by Gasteiger charge is 2.22. The number of aromatic amines is 1. The van der Waals surface area contributed by atoms with Crippen LogP contribution in [0.4, 0.5) is 0 Å². The van der Waals surface area contributed by atoms with Crippen LogP contribution in [-0.2, 0) is 10.0 Å². The molecular formula is C21H20N2O4S. The fourth-order valence-corrected chi connectivity index (χ4v) is 4.63. The lowest BCUT2D eigenvalue weighted by Crippen LogP contribution is -2.13. The van der Waals surface area contributed by atoms with Gasteiger partial charge in [-0.1, -0.05) is 17.7 Å². The maximum atomic E-state index is 13.2. The van der Waals surface area contributed by atoms with Crippen LogP contribution in [0.3, 0.4) is 0 Å². The number of nitrogens with one attached hydrogen (secondary N) is 1. The van der Waals surface area contributed by atoms with Crippen molar-refractivity contribution in [2.75, 3.05) is 14.2 Å². The number of hydrogen-bond donors (Lipinski definition) is 1. The Balaban J connectivity index is 1.92. The molecule has 0 radical (unpaired) electrons. The first kappa shape index (κ1) is 18.2. The van der Waals surface area contributed by atoms with Crippen molar-refractivity contribution in [3.05, 3.63) is 66.5 Å². The maximum Gasteiger partial charge on any atom is 0.268 e. The summed E-state index contributed by atoms with van der Waals surface area (Å²) in [5.41, 5.74) is 3.08. The lowest BCUT2D eigenvalue weighted by atomic mass is 10.1. The predicted molar refractivity (Wildman–Crippen MR) is 109 cm³/mol. The lowest BCUT2D eigenvalue weighted by molar-refractivity contribution is 0.397.